The van der Waals surface area contributed by atoms with Gasteiger partial charge in [-0.25, -0.2) is 9.69 Å². The molecule has 0 saturated heterocycles. The summed E-state index contributed by atoms with van der Waals surface area (Å²) in [5.41, 5.74) is 5.86. The first-order chi connectivity index (χ1) is 25.6. The number of halogens is 3. The van der Waals surface area contributed by atoms with E-state index in [1.54, 1.807) is 91.9 Å². The molecule has 0 aliphatic rings. The molecule has 0 radical (unpaired) electrons. The molecule has 2 aromatic heterocycles. The van der Waals surface area contributed by atoms with Crippen molar-refractivity contribution in [1.29, 1.82) is 15.8 Å². The average molecular weight is 692 g/mol. The molecule has 2 heterocycles. The van der Waals surface area contributed by atoms with E-state index in [-0.39, 0.29) is 5.56 Å². The van der Waals surface area contributed by atoms with Crippen molar-refractivity contribution >= 4 is 55.0 Å². The van der Waals surface area contributed by atoms with Crippen LogP contribution in [-0.2, 0) is 6.18 Å². The smallest absolute Gasteiger partial charge is 0.309 e. The van der Waals surface area contributed by atoms with Crippen molar-refractivity contribution in [2.75, 3.05) is 0 Å². The Morgan fingerprint density at radius 2 is 0.981 bits per heavy atom. The van der Waals surface area contributed by atoms with Crippen LogP contribution in [-0.4, -0.2) is 9.13 Å². The molecule has 8 rings (SSSR count). The fraction of sp³-hybridized carbons (Fsp3) is 0.0465. The van der Waals surface area contributed by atoms with Crippen LogP contribution in [0.1, 0.15) is 27.8 Å². The van der Waals surface area contributed by atoms with E-state index in [1.165, 1.54) is 6.07 Å². The summed E-state index contributed by atoms with van der Waals surface area (Å²) < 4.78 is 45.9. The van der Waals surface area contributed by atoms with Crippen LogP contribution >= 0.6 is 0 Å². The van der Waals surface area contributed by atoms with Crippen LogP contribution < -0.4 is 0 Å². The molecule has 53 heavy (non-hydrogen) atoms. The molecule has 0 aliphatic carbocycles. The highest BCUT2D eigenvalue weighted by atomic mass is 19.4. The quantitative estimate of drug-likeness (QED) is 0.173. The second kappa shape index (κ2) is 11.9. The van der Waals surface area contributed by atoms with Gasteiger partial charge in [0.25, 0.3) is 0 Å². The summed E-state index contributed by atoms with van der Waals surface area (Å²) in [4.78, 5) is 7.23. The van der Waals surface area contributed by atoms with Crippen molar-refractivity contribution in [1.82, 2.24) is 9.13 Å². The third-order valence-electron chi connectivity index (χ3n) is 9.54. The van der Waals surface area contributed by atoms with Crippen LogP contribution in [0.25, 0.3) is 75.8 Å². The first-order valence-electron chi connectivity index (χ1n) is 16.1. The summed E-state index contributed by atoms with van der Waals surface area (Å²) in [5, 5.41) is 32.8. The van der Waals surface area contributed by atoms with E-state index in [2.05, 4.69) is 27.9 Å². The molecule has 0 atom stereocenters. The van der Waals surface area contributed by atoms with E-state index >= 15 is 0 Å². The van der Waals surface area contributed by atoms with Crippen molar-refractivity contribution in [3.63, 3.8) is 0 Å². The Labute approximate surface area is 300 Å². The largest absolute Gasteiger partial charge is 0.416 e. The SMILES string of the molecule is [C-]#[N+]c1ccc2c(c1)c1cc([N+]#[C-])ccc1n2-c1cc(C#N)cc(-n2c3ccc(C#N)cc3c3cc(C#N)ccc32)c1-c1ccc(C(F)(F)F)cc1C. The van der Waals surface area contributed by atoms with Crippen LogP contribution in [0.5, 0.6) is 0 Å². The normalized spacial score (nSPS) is 11.3. The Morgan fingerprint density at radius 1 is 0.547 bits per heavy atom. The van der Waals surface area contributed by atoms with Crippen molar-refractivity contribution in [2.24, 2.45) is 0 Å². The lowest BCUT2D eigenvalue weighted by Crippen LogP contribution is -2.08. The van der Waals surface area contributed by atoms with Crippen LogP contribution in [0.4, 0.5) is 24.5 Å². The summed E-state index contributed by atoms with van der Waals surface area (Å²) in [6.07, 6.45) is -4.59. The molecule has 0 spiro atoms. The van der Waals surface area contributed by atoms with Crippen LogP contribution in [0.2, 0.25) is 0 Å². The number of nitrogens with zero attached hydrogens (tertiary/aromatic N) is 7. The lowest BCUT2D eigenvalue weighted by Gasteiger charge is -2.22. The number of hydrogen-bond donors (Lipinski definition) is 0. The van der Waals surface area contributed by atoms with Gasteiger partial charge in [0.15, 0.2) is 11.4 Å². The van der Waals surface area contributed by atoms with Crippen molar-refractivity contribution in [2.45, 2.75) is 13.1 Å². The van der Waals surface area contributed by atoms with Gasteiger partial charge in [-0.15, -0.1) is 0 Å². The highest BCUT2D eigenvalue weighted by Gasteiger charge is 2.32. The van der Waals surface area contributed by atoms with Gasteiger partial charge in [-0.2, -0.15) is 29.0 Å². The highest BCUT2D eigenvalue weighted by Crippen LogP contribution is 2.45. The average Bonchev–Trinajstić information content (AvgIpc) is 3.67. The minimum absolute atomic E-state index is 0.256. The van der Waals surface area contributed by atoms with Crippen molar-refractivity contribution in [3.05, 3.63) is 154 Å². The second-order valence-corrected chi connectivity index (χ2v) is 12.5. The molecule has 10 heteroatoms. The molecule has 8 aromatic rings. The van der Waals surface area contributed by atoms with Gasteiger partial charge in [0.1, 0.15) is 0 Å². The summed E-state index contributed by atoms with van der Waals surface area (Å²) in [6.45, 7) is 16.9. The van der Waals surface area contributed by atoms with Gasteiger partial charge in [0.05, 0.1) is 87.0 Å². The predicted molar refractivity (Wildman–Crippen MR) is 197 cm³/mol. The number of rotatable bonds is 3. The summed E-state index contributed by atoms with van der Waals surface area (Å²) >= 11 is 0. The van der Waals surface area contributed by atoms with Crippen LogP contribution in [0, 0.1) is 54.1 Å². The van der Waals surface area contributed by atoms with Crippen LogP contribution in [0.3, 0.4) is 0 Å². The lowest BCUT2D eigenvalue weighted by atomic mass is 9.93. The van der Waals surface area contributed by atoms with Crippen molar-refractivity contribution < 1.29 is 13.2 Å². The Morgan fingerprint density at radius 3 is 1.38 bits per heavy atom. The van der Waals surface area contributed by atoms with Gasteiger partial charge in [-0.1, -0.05) is 18.2 Å². The molecular formula is C43H20F3N7. The molecule has 0 bridgehead atoms. The molecule has 0 unspecified atom stereocenters. The molecule has 0 fully saturated rings. The Balaban J connectivity index is 1.60. The number of hydrogen-bond acceptors (Lipinski definition) is 3. The number of fused-ring (bicyclic) bond motifs is 6. The number of aromatic nitrogens is 2. The zero-order chi connectivity index (χ0) is 37.2. The fourth-order valence-electron chi connectivity index (χ4n) is 7.25. The number of alkyl halides is 3. The molecular weight excluding hydrogens is 672 g/mol. The summed E-state index contributed by atoms with van der Waals surface area (Å²) in [5.74, 6) is 0. The van der Waals surface area contributed by atoms with Crippen molar-refractivity contribution in [3.8, 4) is 40.7 Å². The van der Waals surface area contributed by atoms with E-state index in [0.717, 1.165) is 12.1 Å². The molecule has 0 amide bonds. The molecule has 6 aromatic carbocycles. The minimum Gasteiger partial charge on any atom is -0.309 e. The highest BCUT2D eigenvalue weighted by molar-refractivity contribution is 6.13. The molecule has 0 saturated carbocycles. The Kier molecular flexibility index (Phi) is 7.26. The van der Waals surface area contributed by atoms with Gasteiger partial charge in [-0.05, 0) is 114 Å². The molecule has 7 nitrogen and oxygen atoms in total. The van der Waals surface area contributed by atoms with Gasteiger partial charge in [0, 0.05) is 16.3 Å². The van der Waals surface area contributed by atoms with E-state index in [4.69, 9.17) is 13.1 Å². The van der Waals surface area contributed by atoms with Gasteiger partial charge in [0.2, 0.25) is 0 Å². The first kappa shape index (κ1) is 32.4. The Hall–Kier alpha value is -7.84. The topological polar surface area (TPSA) is 89.9 Å². The summed E-state index contributed by atoms with van der Waals surface area (Å²) in [7, 11) is 0. The third kappa shape index (κ3) is 5.01. The minimum atomic E-state index is -4.59. The van der Waals surface area contributed by atoms with Gasteiger partial charge < -0.3 is 9.13 Å². The predicted octanol–water partition coefficient (Wildman–Crippen LogP) is 11.6. The lowest BCUT2D eigenvalue weighted by molar-refractivity contribution is -0.137. The maximum atomic E-state index is 14.0. The maximum absolute atomic E-state index is 14.0. The summed E-state index contributed by atoms with van der Waals surface area (Å²) in [6, 6.07) is 34.3. The first-order valence-corrected chi connectivity index (χ1v) is 16.1. The number of aryl methyl sites for hydroxylation is 1. The maximum Gasteiger partial charge on any atom is 0.416 e. The van der Waals surface area contributed by atoms with Gasteiger partial charge in [-0.3, -0.25) is 0 Å². The monoisotopic (exact) mass is 691 g/mol. The number of benzene rings is 6. The molecule has 0 aliphatic heterocycles. The van der Waals surface area contributed by atoms with E-state index < -0.39 is 11.7 Å². The zero-order valence-electron chi connectivity index (χ0n) is 27.6. The van der Waals surface area contributed by atoms with E-state index in [9.17, 15) is 29.0 Å². The van der Waals surface area contributed by atoms with Crippen LogP contribution in [0.15, 0.2) is 103 Å². The van der Waals surface area contributed by atoms with E-state index in [0.29, 0.717) is 94.2 Å². The standard InChI is InChI=1S/C43H20F3N7/c1-24-14-28(43(44,45)46)6-9-31(24)42-40(52-36-10-4-25(21-47)15-32(36)33-16-26(22-48)5-11-37(33)52)17-27(23-49)18-41(42)53-38-12-7-29(50-2)19-34(38)35-20-30(51-3)8-13-39(35)53/h4-20H,1H3. The zero-order valence-corrected chi connectivity index (χ0v) is 27.6. The Bertz CT molecular complexity index is 2810. The number of nitriles is 3. The second-order valence-electron chi connectivity index (χ2n) is 12.5. The van der Waals surface area contributed by atoms with Gasteiger partial charge >= 0.3 is 6.18 Å². The third-order valence-corrected chi connectivity index (χ3v) is 9.54. The molecule has 0 N–H and O–H groups in total. The van der Waals surface area contributed by atoms with E-state index in [1.807, 2.05) is 9.13 Å². The fourth-order valence-corrected chi connectivity index (χ4v) is 7.25. The molecule has 248 valence electrons.